The molecule has 0 atom stereocenters. The van der Waals surface area contributed by atoms with Gasteiger partial charge in [-0.05, 0) is 32.6 Å². The van der Waals surface area contributed by atoms with Crippen LogP contribution in [0.1, 0.15) is 32.6 Å². The Labute approximate surface area is 86.6 Å². The van der Waals surface area contributed by atoms with E-state index >= 15 is 0 Å². The van der Waals surface area contributed by atoms with Gasteiger partial charge in [-0.3, -0.25) is 4.90 Å². The molecule has 1 saturated heterocycles. The monoisotopic (exact) mass is 198 g/mol. The van der Waals surface area contributed by atoms with Crippen molar-refractivity contribution in [3.05, 3.63) is 0 Å². The van der Waals surface area contributed by atoms with Gasteiger partial charge >= 0.3 is 0 Å². The second-order valence-corrected chi connectivity index (χ2v) is 5.07. The average Bonchev–Trinajstić information content (AvgIpc) is 3.00. The van der Waals surface area contributed by atoms with Crippen LogP contribution in [0.2, 0.25) is 0 Å². The fourth-order valence-corrected chi connectivity index (χ4v) is 2.45. The fraction of sp³-hybridized carbons (Fsp3) is 1.00. The van der Waals surface area contributed by atoms with Crippen molar-refractivity contribution in [2.75, 3.05) is 26.7 Å². The minimum Gasteiger partial charge on any atom is -0.378 e. The van der Waals surface area contributed by atoms with Crippen molar-refractivity contribution < 1.29 is 4.74 Å². The lowest BCUT2D eigenvalue weighted by Gasteiger charge is -2.42. The highest BCUT2D eigenvalue weighted by atomic mass is 16.5. The molecule has 1 saturated carbocycles. The molecule has 1 aliphatic carbocycles. The highest BCUT2D eigenvalue weighted by Crippen LogP contribution is 2.43. The first kappa shape index (κ1) is 10.4. The normalized spacial score (nSPS) is 30.2. The first-order valence-electron chi connectivity index (χ1n) is 5.64. The topological polar surface area (TPSA) is 38.5 Å². The van der Waals surface area contributed by atoms with Crippen LogP contribution in [0, 0.1) is 0 Å². The van der Waals surface area contributed by atoms with Crippen LogP contribution < -0.4 is 5.73 Å². The van der Waals surface area contributed by atoms with Crippen molar-refractivity contribution in [2.45, 2.75) is 43.7 Å². The van der Waals surface area contributed by atoms with E-state index < -0.39 is 0 Å². The molecule has 0 aromatic rings. The Kier molecular flexibility index (Phi) is 2.58. The minimum atomic E-state index is 0.112. The van der Waals surface area contributed by atoms with Gasteiger partial charge in [0.15, 0.2) is 0 Å². The molecule has 3 heteroatoms. The molecule has 1 aliphatic heterocycles. The molecule has 3 nitrogen and oxygen atoms in total. The van der Waals surface area contributed by atoms with Crippen LogP contribution in [-0.2, 0) is 4.74 Å². The molecular weight excluding hydrogens is 176 g/mol. The Morgan fingerprint density at radius 2 is 1.79 bits per heavy atom. The third-order valence-electron chi connectivity index (χ3n) is 4.19. The Hall–Kier alpha value is -0.120. The zero-order chi connectivity index (χ0) is 10.2. The summed E-state index contributed by atoms with van der Waals surface area (Å²) in [5, 5.41) is 0. The first-order valence-corrected chi connectivity index (χ1v) is 5.64. The molecule has 0 aromatic heterocycles. The van der Waals surface area contributed by atoms with E-state index in [1.807, 2.05) is 7.11 Å². The van der Waals surface area contributed by atoms with Crippen LogP contribution >= 0.6 is 0 Å². The van der Waals surface area contributed by atoms with Crippen molar-refractivity contribution in [2.24, 2.45) is 5.73 Å². The van der Waals surface area contributed by atoms with Crippen molar-refractivity contribution >= 4 is 0 Å². The molecule has 0 spiro atoms. The molecule has 2 rings (SSSR count). The van der Waals surface area contributed by atoms with E-state index in [1.165, 1.54) is 12.8 Å². The fourth-order valence-electron chi connectivity index (χ4n) is 2.45. The largest absolute Gasteiger partial charge is 0.378 e. The number of rotatable bonds is 3. The number of nitrogens with two attached hydrogens (primary N) is 1. The molecule has 1 heterocycles. The number of hydrogen-bond acceptors (Lipinski definition) is 3. The summed E-state index contributed by atoms with van der Waals surface area (Å²) in [7, 11) is 1.82. The Morgan fingerprint density at radius 3 is 2.14 bits per heavy atom. The molecule has 2 aliphatic rings. The van der Waals surface area contributed by atoms with E-state index in [1.54, 1.807) is 0 Å². The zero-order valence-corrected chi connectivity index (χ0v) is 9.38. The lowest BCUT2D eigenvalue weighted by atomic mass is 9.92. The molecule has 0 amide bonds. The Balaban J connectivity index is 1.90. The maximum atomic E-state index is 5.83. The average molecular weight is 198 g/mol. The summed E-state index contributed by atoms with van der Waals surface area (Å²) in [5.41, 5.74) is 6.32. The summed E-state index contributed by atoms with van der Waals surface area (Å²) in [4.78, 5) is 2.58. The summed E-state index contributed by atoms with van der Waals surface area (Å²) in [5.74, 6) is 0. The van der Waals surface area contributed by atoms with E-state index in [2.05, 4.69) is 11.8 Å². The highest BCUT2D eigenvalue weighted by molar-refractivity contribution is 5.06. The van der Waals surface area contributed by atoms with Gasteiger partial charge in [-0.15, -0.1) is 0 Å². The van der Waals surface area contributed by atoms with E-state index in [-0.39, 0.29) is 5.60 Å². The summed E-state index contributed by atoms with van der Waals surface area (Å²) in [6.07, 6.45) is 4.89. The second kappa shape index (κ2) is 3.47. The number of ether oxygens (including phenoxy) is 1. The van der Waals surface area contributed by atoms with Crippen molar-refractivity contribution in [3.63, 3.8) is 0 Å². The van der Waals surface area contributed by atoms with Crippen LogP contribution in [0.25, 0.3) is 0 Å². The smallest absolute Gasteiger partial charge is 0.0675 e. The molecule has 0 bridgehead atoms. The number of likely N-dealkylation sites (tertiary alicyclic amines) is 1. The van der Waals surface area contributed by atoms with Crippen LogP contribution in [0.3, 0.4) is 0 Å². The molecule has 0 aromatic carbocycles. The zero-order valence-electron chi connectivity index (χ0n) is 9.38. The number of nitrogens with zero attached hydrogens (tertiary/aromatic N) is 1. The third-order valence-corrected chi connectivity index (χ3v) is 4.19. The van der Waals surface area contributed by atoms with E-state index in [0.717, 1.165) is 32.5 Å². The van der Waals surface area contributed by atoms with E-state index in [9.17, 15) is 0 Å². The number of piperidine rings is 1. The van der Waals surface area contributed by atoms with Gasteiger partial charge in [0.1, 0.15) is 0 Å². The van der Waals surface area contributed by atoms with E-state index in [0.29, 0.717) is 5.54 Å². The molecule has 2 fully saturated rings. The van der Waals surface area contributed by atoms with Gasteiger partial charge in [-0.1, -0.05) is 0 Å². The van der Waals surface area contributed by atoms with Crippen molar-refractivity contribution in [1.82, 2.24) is 4.90 Å². The summed E-state index contributed by atoms with van der Waals surface area (Å²) < 4.78 is 5.54. The van der Waals surface area contributed by atoms with Crippen molar-refractivity contribution in [3.8, 4) is 0 Å². The SMILES string of the molecule is COC1(C)CCN(C2(CN)CC2)CC1. The summed E-state index contributed by atoms with van der Waals surface area (Å²) in [6, 6.07) is 0. The molecule has 14 heavy (non-hydrogen) atoms. The number of methoxy groups -OCH3 is 1. The Morgan fingerprint density at radius 1 is 1.21 bits per heavy atom. The van der Waals surface area contributed by atoms with Gasteiger partial charge in [0.2, 0.25) is 0 Å². The molecule has 0 unspecified atom stereocenters. The molecule has 0 radical (unpaired) electrons. The molecular formula is C11H22N2O. The van der Waals surface area contributed by atoms with E-state index in [4.69, 9.17) is 10.5 Å². The van der Waals surface area contributed by atoms with Gasteiger partial charge in [0.25, 0.3) is 0 Å². The highest BCUT2D eigenvalue weighted by Gasteiger charge is 2.48. The minimum absolute atomic E-state index is 0.112. The predicted molar refractivity (Wildman–Crippen MR) is 57.2 cm³/mol. The van der Waals surface area contributed by atoms with Crippen LogP contribution in [-0.4, -0.2) is 42.8 Å². The van der Waals surface area contributed by atoms with Crippen LogP contribution in [0.15, 0.2) is 0 Å². The van der Waals surface area contributed by atoms with Gasteiger partial charge in [-0.2, -0.15) is 0 Å². The maximum absolute atomic E-state index is 5.83. The van der Waals surface area contributed by atoms with Crippen LogP contribution in [0.5, 0.6) is 0 Å². The third kappa shape index (κ3) is 1.69. The first-order chi connectivity index (χ1) is 6.64. The lowest BCUT2D eigenvalue weighted by molar-refractivity contribution is -0.0522. The van der Waals surface area contributed by atoms with Gasteiger partial charge in [0.05, 0.1) is 5.60 Å². The summed E-state index contributed by atoms with van der Waals surface area (Å²) >= 11 is 0. The standard InChI is InChI=1S/C11H22N2O/c1-10(14-2)5-7-13(8-6-10)11(9-12)3-4-11/h3-9,12H2,1-2H3. The second-order valence-electron chi connectivity index (χ2n) is 5.07. The van der Waals surface area contributed by atoms with Crippen LogP contribution in [0.4, 0.5) is 0 Å². The van der Waals surface area contributed by atoms with Crippen molar-refractivity contribution in [1.29, 1.82) is 0 Å². The maximum Gasteiger partial charge on any atom is 0.0675 e. The van der Waals surface area contributed by atoms with Gasteiger partial charge in [0, 0.05) is 32.3 Å². The Bertz CT molecular complexity index is 205. The lowest BCUT2D eigenvalue weighted by Crippen LogP contribution is -2.51. The predicted octanol–water partition coefficient (Wildman–Crippen LogP) is 0.979. The molecule has 2 N–H and O–H groups in total. The summed E-state index contributed by atoms with van der Waals surface area (Å²) in [6.45, 7) is 5.35. The number of hydrogen-bond donors (Lipinski definition) is 1. The molecule has 82 valence electrons. The van der Waals surface area contributed by atoms with Gasteiger partial charge < -0.3 is 10.5 Å². The quantitative estimate of drug-likeness (QED) is 0.734. The van der Waals surface area contributed by atoms with Gasteiger partial charge in [-0.25, -0.2) is 0 Å².